The molecule has 88 valence electrons. The van der Waals surface area contributed by atoms with Crippen molar-refractivity contribution < 1.29 is 4.39 Å². The standard InChI is InChI=1S/C14H13BrFN/c1-14(2)4-3-12-10(14)6-8-5-9(15)7-11(16)13(8)17-12/h5-7H,3-4H2,1-2H3. The highest BCUT2D eigenvalue weighted by Gasteiger charge is 2.31. The number of hydrogen-bond donors (Lipinski definition) is 0. The van der Waals surface area contributed by atoms with Gasteiger partial charge < -0.3 is 0 Å². The lowest BCUT2D eigenvalue weighted by molar-refractivity contribution is 0.522. The van der Waals surface area contributed by atoms with Gasteiger partial charge in [-0.3, -0.25) is 0 Å². The van der Waals surface area contributed by atoms with Crippen LogP contribution in [0.1, 0.15) is 31.5 Å². The van der Waals surface area contributed by atoms with Crippen LogP contribution >= 0.6 is 15.9 Å². The Bertz CT molecular complexity index is 619. The molecule has 0 spiro atoms. The van der Waals surface area contributed by atoms with E-state index >= 15 is 0 Å². The highest BCUT2D eigenvalue weighted by atomic mass is 79.9. The molecule has 2 aromatic rings. The van der Waals surface area contributed by atoms with Crippen LogP contribution in [0.5, 0.6) is 0 Å². The Kier molecular flexibility index (Phi) is 2.31. The largest absolute Gasteiger partial charge is 0.249 e. The Labute approximate surface area is 108 Å². The van der Waals surface area contributed by atoms with Crippen LogP contribution in [-0.4, -0.2) is 4.98 Å². The first kappa shape index (κ1) is 11.1. The van der Waals surface area contributed by atoms with E-state index < -0.39 is 0 Å². The summed E-state index contributed by atoms with van der Waals surface area (Å²) >= 11 is 3.32. The molecule has 17 heavy (non-hydrogen) atoms. The van der Waals surface area contributed by atoms with Gasteiger partial charge in [0.15, 0.2) is 5.82 Å². The van der Waals surface area contributed by atoms with Crippen molar-refractivity contribution in [2.75, 3.05) is 0 Å². The number of hydrogen-bond acceptors (Lipinski definition) is 1. The van der Waals surface area contributed by atoms with Gasteiger partial charge in [0, 0.05) is 15.6 Å². The van der Waals surface area contributed by atoms with Crippen LogP contribution in [0.15, 0.2) is 22.7 Å². The van der Waals surface area contributed by atoms with Gasteiger partial charge in [-0.1, -0.05) is 29.8 Å². The summed E-state index contributed by atoms with van der Waals surface area (Å²) in [5, 5.41) is 0.880. The van der Waals surface area contributed by atoms with Crippen molar-refractivity contribution in [1.29, 1.82) is 0 Å². The Balaban J connectivity index is 2.36. The van der Waals surface area contributed by atoms with Crippen LogP contribution in [0, 0.1) is 5.82 Å². The molecule has 3 heteroatoms. The highest BCUT2D eigenvalue weighted by Crippen LogP contribution is 2.39. The van der Waals surface area contributed by atoms with Crippen LogP contribution in [0.2, 0.25) is 0 Å². The van der Waals surface area contributed by atoms with E-state index in [0.29, 0.717) is 5.52 Å². The van der Waals surface area contributed by atoms with Crippen molar-refractivity contribution in [3.8, 4) is 0 Å². The van der Waals surface area contributed by atoms with Gasteiger partial charge in [0.2, 0.25) is 0 Å². The Morgan fingerprint density at radius 3 is 2.82 bits per heavy atom. The molecule has 1 aromatic carbocycles. The molecule has 0 bridgehead atoms. The Morgan fingerprint density at radius 2 is 2.06 bits per heavy atom. The number of rotatable bonds is 0. The summed E-state index contributed by atoms with van der Waals surface area (Å²) in [7, 11) is 0. The molecular weight excluding hydrogens is 281 g/mol. The minimum atomic E-state index is -0.248. The minimum absolute atomic E-state index is 0.162. The lowest BCUT2D eigenvalue weighted by Gasteiger charge is -2.18. The van der Waals surface area contributed by atoms with Gasteiger partial charge in [0.05, 0.1) is 0 Å². The SMILES string of the molecule is CC1(C)CCc2nc3c(F)cc(Br)cc3cc21. The summed E-state index contributed by atoms with van der Waals surface area (Å²) in [6, 6.07) is 5.50. The van der Waals surface area contributed by atoms with E-state index in [4.69, 9.17) is 0 Å². The van der Waals surface area contributed by atoms with Crippen molar-refractivity contribution in [2.45, 2.75) is 32.1 Å². The summed E-state index contributed by atoms with van der Waals surface area (Å²) in [6.45, 7) is 4.45. The maximum Gasteiger partial charge on any atom is 0.150 e. The third-order valence-electron chi connectivity index (χ3n) is 3.63. The van der Waals surface area contributed by atoms with Gasteiger partial charge >= 0.3 is 0 Å². The molecular formula is C14H13BrFN. The summed E-state index contributed by atoms with van der Waals surface area (Å²) in [5.41, 5.74) is 2.98. The zero-order chi connectivity index (χ0) is 12.2. The van der Waals surface area contributed by atoms with Crippen LogP contribution in [0.3, 0.4) is 0 Å². The number of pyridine rings is 1. The second-order valence-electron chi connectivity index (χ2n) is 5.33. The van der Waals surface area contributed by atoms with Gasteiger partial charge in [0.1, 0.15) is 5.52 Å². The maximum absolute atomic E-state index is 13.8. The third-order valence-corrected chi connectivity index (χ3v) is 4.09. The summed E-state index contributed by atoms with van der Waals surface area (Å²) in [6.07, 6.45) is 2.04. The topological polar surface area (TPSA) is 12.9 Å². The fraction of sp³-hybridized carbons (Fsp3) is 0.357. The molecule has 1 aliphatic rings. The number of benzene rings is 1. The molecule has 1 heterocycles. The molecule has 0 amide bonds. The first-order chi connectivity index (χ1) is 7.97. The van der Waals surface area contributed by atoms with E-state index in [-0.39, 0.29) is 11.2 Å². The zero-order valence-corrected chi connectivity index (χ0v) is 11.4. The second kappa shape index (κ2) is 3.52. The molecule has 0 atom stereocenters. The Morgan fingerprint density at radius 1 is 1.29 bits per heavy atom. The number of fused-ring (bicyclic) bond motifs is 2. The monoisotopic (exact) mass is 293 g/mol. The summed E-state index contributed by atoms with van der Waals surface area (Å²) < 4.78 is 14.6. The number of aryl methyl sites for hydroxylation is 1. The fourth-order valence-corrected chi connectivity index (χ4v) is 3.04. The van der Waals surface area contributed by atoms with Gasteiger partial charge in [-0.15, -0.1) is 0 Å². The van der Waals surface area contributed by atoms with Crippen molar-refractivity contribution in [3.63, 3.8) is 0 Å². The van der Waals surface area contributed by atoms with E-state index in [2.05, 4.69) is 40.8 Å². The van der Waals surface area contributed by atoms with Crippen molar-refractivity contribution >= 4 is 26.8 Å². The molecule has 3 rings (SSSR count). The molecule has 1 nitrogen and oxygen atoms in total. The second-order valence-corrected chi connectivity index (χ2v) is 6.24. The third kappa shape index (κ3) is 1.68. The lowest BCUT2D eigenvalue weighted by atomic mass is 9.87. The van der Waals surface area contributed by atoms with Gasteiger partial charge in [-0.2, -0.15) is 0 Å². The average molecular weight is 294 g/mol. The highest BCUT2D eigenvalue weighted by molar-refractivity contribution is 9.10. The normalized spacial score (nSPS) is 17.4. The first-order valence-corrected chi connectivity index (χ1v) is 6.56. The predicted octanol–water partition coefficient (Wildman–Crippen LogP) is 4.36. The molecule has 0 N–H and O–H groups in total. The van der Waals surface area contributed by atoms with Crippen molar-refractivity contribution in [2.24, 2.45) is 0 Å². The van der Waals surface area contributed by atoms with Crippen molar-refractivity contribution in [1.82, 2.24) is 4.98 Å². The smallest absolute Gasteiger partial charge is 0.150 e. The van der Waals surface area contributed by atoms with Gasteiger partial charge in [0.25, 0.3) is 0 Å². The van der Waals surface area contributed by atoms with Gasteiger partial charge in [-0.25, -0.2) is 9.37 Å². The van der Waals surface area contributed by atoms with Crippen molar-refractivity contribution in [3.05, 3.63) is 39.7 Å². The Hall–Kier alpha value is -0.960. The fourth-order valence-electron chi connectivity index (χ4n) is 2.59. The maximum atomic E-state index is 13.8. The van der Waals surface area contributed by atoms with Crippen LogP contribution < -0.4 is 0 Å². The number of aromatic nitrogens is 1. The van der Waals surface area contributed by atoms with Crippen LogP contribution in [0.4, 0.5) is 4.39 Å². The molecule has 0 saturated carbocycles. The molecule has 0 unspecified atom stereocenters. The van der Waals surface area contributed by atoms with E-state index in [1.807, 2.05) is 6.07 Å². The number of nitrogens with zero attached hydrogens (tertiary/aromatic N) is 1. The molecule has 0 saturated heterocycles. The van der Waals surface area contributed by atoms with Gasteiger partial charge in [-0.05, 0) is 42.0 Å². The van der Waals surface area contributed by atoms with Crippen LogP contribution in [-0.2, 0) is 11.8 Å². The lowest BCUT2D eigenvalue weighted by Crippen LogP contribution is -2.12. The predicted molar refractivity (Wildman–Crippen MR) is 70.7 cm³/mol. The average Bonchev–Trinajstić information content (AvgIpc) is 2.53. The van der Waals surface area contributed by atoms with E-state index in [9.17, 15) is 4.39 Å². The quantitative estimate of drug-likeness (QED) is 0.703. The van der Waals surface area contributed by atoms with Crippen LogP contribution in [0.25, 0.3) is 10.9 Å². The molecule has 0 radical (unpaired) electrons. The number of halogens is 2. The first-order valence-electron chi connectivity index (χ1n) is 5.76. The summed E-state index contributed by atoms with van der Waals surface area (Å²) in [5.74, 6) is -0.248. The zero-order valence-electron chi connectivity index (χ0n) is 9.85. The molecule has 0 fully saturated rings. The molecule has 1 aliphatic carbocycles. The van der Waals surface area contributed by atoms with E-state index in [0.717, 1.165) is 28.4 Å². The summed E-state index contributed by atoms with van der Waals surface area (Å²) in [4.78, 5) is 4.50. The van der Waals surface area contributed by atoms with E-state index in [1.165, 1.54) is 11.6 Å². The van der Waals surface area contributed by atoms with E-state index in [1.54, 1.807) is 0 Å². The molecule has 0 aliphatic heterocycles. The minimum Gasteiger partial charge on any atom is -0.249 e. The molecule has 1 aromatic heterocycles.